The molecule has 0 unspecified atom stereocenters. The molecule has 0 amide bonds. The second-order valence-corrected chi connectivity index (χ2v) is 11.7. The zero-order valence-electron chi connectivity index (χ0n) is 20.5. The molecule has 6 nitrogen and oxygen atoms in total. The average molecular weight is 485 g/mol. The number of ketones is 1. The van der Waals surface area contributed by atoms with Gasteiger partial charge in [0.25, 0.3) is 10.0 Å². The molecule has 0 aromatic heterocycles. The minimum atomic E-state index is -3.82. The molecule has 2 aromatic carbocycles. The molecule has 0 bridgehead atoms. The molecule has 34 heavy (non-hydrogen) atoms. The lowest BCUT2D eigenvalue weighted by Crippen LogP contribution is -2.38. The number of sulfonamides is 1. The standard InChI is InChI=1S/C27H36N2O4S/c1-4-21-5-7-23(8-6-21)29(18-20(2)3)34(31,32)24-9-10-26-25(17-24)27(30)11-14-28(26)19-22-12-15-33-16-13-22/h5-10,17,20,22H,4,11-16,18-19H2,1-3H3. The first-order valence-electron chi connectivity index (χ1n) is 12.4. The van der Waals surface area contributed by atoms with Crippen LogP contribution in [0.15, 0.2) is 47.4 Å². The van der Waals surface area contributed by atoms with Crippen molar-refractivity contribution in [2.45, 2.75) is 51.3 Å². The highest BCUT2D eigenvalue weighted by Gasteiger charge is 2.31. The third kappa shape index (κ3) is 5.31. The molecule has 0 radical (unpaired) electrons. The number of fused-ring (bicyclic) bond motifs is 1. The number of benzene rings is 2. The van der Waals surface area contributed by atoms with Gasteiger partial charge in [-0.15, -0.1) is 0 Å². The summed E-state index contributed by atoms with van der Waals surface area (Å²) in [7, 11) is -3.82. The van der Waals surface area contributed by atoms with Crippen LogP contribution in [-0.4, -0.2) is 47.0 Å². The number of carbonyl (C=O) groups excluding carboxylic acids is 1. The van der Waals surface area contributed by atoms with Crippen molar-refractivity contribution in [1.29, 1.82) is 0 Å². The fourth-order valence-electron chi connectivity index (χ4n) is 4.80. The molecular formula is C27H36N2O4S. The molecule has 2 aliphatic heterocycles. The van der Waals surface area contributed by atoms with E-state index < -0.39 is 10.0 Å². The van der Waals surface area contributed by atoms with E-state index in [9.17, 15) is 13.2 Å². The summed E-state index contributed by atoms with van der Waals surface area (Å²) in [4.78, 5) is 15.3. The SMILES string of the molecule is CCc1ccc(N(CC(C)C)S(=O)(=O)c2ccc3c(c2)C(=O)CCN3CC2CCOCC2)cc1. The summed E-state index contributed by atoms with van der Waals surface area (Å²) in [5.41, 5.74) is 3.18. The topological polar surface area (TPSA) is 66.9 Å². The van der Waals surface area contributed by atoms with Gasteiger partial charge in [0.05, 0.1) is 10.6 Å². The van der Waals surface area contributed by atoms with Gasteiger partial charge in [-0.2, -0.15) is 0 Å². The van der Waals surface area contributed by atoms with Crippen molar-refractivity contribution in [1.82, 2.24) is 0 Å². The lowest BCUT2D eigenvalue weighted by Gasteiger charge is -2.35. The number of anilines is 2. The van der Waals surface area contributed by atoms with Crippen molar-refractivity contribution >= 4 is 27.2 Å². The molecule has 184 valence electrons. The quantitative estimate of drug-likeness (QED) is 0.532. The highest BCUT2D eigenvalue weighted by Crippen LogP contribution is 2.33. The van der Waals surface area contributed by atoms with Gasteiger partial charge in [-0.05, 0) is 67.0 Å². The Morgan fingerprint density at radius 2 is 1.79 bits per heavy atom. The van der Waals surface area contributed by atoms with E-state index in [0.29, 0.717) is 36.7 Å². The first-order chi connectivity index (χ1) is 16.3. The Bertz CT molecular complexity index is 1110. The van der Waals surface area contributed by atoms with E-state index in [0.717, 1.165) is 50.3 Å². The molecule has 2 aromatic rings. The lowest BCUT2D eigenvalue weighted by molar-refractivity contribution is 0.0679. The monoisotopic (exact) mass is 484 g/mol. The summed E-state index contributed by atoms with van der Waals surface area (Å²) >= 11 is 0. The van der Waals surface area contributed by atoms with Gasteiger partial charge in [0.2, 0.25) is 0 Å². The van der Waals surface area contributed by atoms with Gasteiger partial charge >= 0.3 is 0 Å². The number of hydrogen-bond acceptors (Lipinski definition) is 5. The number of hydrogen-bond donors (Lipinski definition) is 0. The summed E-state index contributed by atoms with van der Waals surface area (Å²) in [6, 6.07) is 12.8. The van der Waals surface area contributed by atoms with Crippen molar-refractivity contribution in [3.05, 3.63) is 53.6 Å². The van der Waals surface area contributed by atoms with Crippen LogP contribution in [0.25, 0.3) is 0 Å². The van der Waals surface area contributed by atoms with Crippen molar-refractivity contribution in [2.75, 3.05) is 42.1 Å². The summed E-state index contributed by atoms with van der Waals surface area (Å²) in [6.45, 7) is 9.58. The minimum Gasteiger partial charge on any atom is -0.381 e. The van der Waals surface area contributed by atoms with E-state index >= 15 is 0 Å². The van der Waals surface area contributed by atoms with E-state index in [1.807, 2.05) is 44.2 Å². The third-order valence-electron chi connectivity index (χ3n) is 6.79. The number of rotatable bonds is 8. The van der Waals surface area contributed by atoms with Gasteiger partial charge in [0.15, 0.2) is 5.78 Å². The van der Waals surface area contributed by atoms with Gasteiger partial charge in [-0.25, -0.2) is 8.42 Å². The molecule has 1 fully saturated rings. The van der Waals surface area contributed by atoms with Gasteiger partial charge in [-0.1, -0.05) is 32.9 Å². The predicted octanol–water partition coefficient (Wildman–Crippen LogP) is 4.92. The van der Waals surface area contributed by atoms with Crippen LogP contribution in [0.2, 0.25) is 0 Å². The lowest BCUT2D eigenvalue weighted by atomic mass is 9.95. The van der Waals surface area contributed by atoms with Crippen LogP contribution in [0.5, 0.6) is 0 Å². The third-order valence-corrected chi connectivity index (χ3v) is 8.58. The van der Waals surface area contributed by atoms with E-state index in [2.05, 4.69) is 11.8 Å². The summed E-state index contributed by atoms with van der Waals surface area (Å²) < 4.78 is 34.6. The highest BCUT2D eigenvalue weighted by molar-refractivity contribution is 7.92. The van der Waals surface area contributed by atoms with E-state index in [1.165, 1.54) is 4.31 Å². The maximum Gasteiger partial charge on any atom is 0.264 e. The molecule has 0 spiro atoms. The Balaban J connectivity index is 1.66. The number of Topliss-reactive ketones (excluding diaryl/α,β-unsaturated/α-hetero) is 1. The molecule has 0 saturated carbocycles. The molecule has 4 rings (SSSR count). The molecule has 2 aliphatic rings. The largest absolute Gasteiger partial charge is 0.381 e. The second kappa shape index (κ2) is 10.5. The van der Waals surface area contributed by atoms with Gasteiger partial charge in [0.1, 0.15) is 0 Å². The van der Waals surface area contributed by atoms with Crippen LogP contribution in [0.3, 0.4) is 0 Å². The Labute approximate surface area is 204 Å². The summed E-state index contributed by atoms with van der Waals surface area (Å²) in [6.07, 6.45) is 3.35. The van der Waals surface area contributed by atoms with Crippen LogP contribution < -0.4 is 9.21 Å². The van der Waals surface area contributed by atoms with Crippen LogP contribution in [0, 0.1) is 11.8 Å². The van der Waals surface area contributed by atoms with Crippen molar-refractivity contribution in [3.63, 3.8) is 0 Å². The number of ether oxygens (including phenoxy) is 1. The fraction of sp³-hybridized carbons (Fsp3) is 0.519. The Morgan fingerprint density at radius 3 is 2.44 bits per heavy atom. The number of aryl methyl sites for hydroxylation is 1. The van der Waals surface area contributed by atoms with Crippen molar-refractivity contribution in [3.8, 4) is 0 Å². The zero-order valence-corrected chi connectivity index (χ0v) is 21.3. The van der Waals surface area contributed by atoms with E-state index in [1.54, 1.807) is 12.1 Å². The minimum absolute atomic E-state index is 0.0120. The normalized spacial score (nSPS) is 17.2. The van der Waals surface area contributed by atoms with Gasteiger partial charge < -0.3 is 9.64 Å². The van der Waals surface area contributed by atoms with Crippen LogP contribution >= 0.6 is 0 Å². The summed E-state index contributed by atoms with van der Waals surface area (Å²) in [5.74, 6) is 0.693. The molecule has 0 N–H and O–H groups in total. The molecular weight excluding hydrogens is 448 g/mol. The smallest absolute Gasteiger partial charge is 0.264 e. The maximum atomic E-state index is 13.8. The first-order valence-corrected chi connectivity index (χ1v) is 13.8. The molecule has 7 heteroatoms. The Morgan fingerprint density at radius 1 is 1.09 bits per heavy atom. The maximum absolute atomic E-state index is 13.8. The molecule has 0 atom stereocenters. The van der Waals surface area contributed by atoms with E-state index in [-0.39, 0.29) is 16.6 Å². The number of nitrogens with zero attached hydrogens (tertiary/aromatic N) is 2. The molecule has 0 aliphatic carbocycles. The van der Waals surface area contributed by atoms with E-state index in [4.69, 9.17) is 4.74 Å². The fourth-order valence-corrected chi connectivity index (χ4v) is 6.45. The highest BCUT2D eigenvalue weighted by atomic mass is 32.2. The van der Waals surface area contributed by atoms with Crippen LogP contribution in [0.4, 0.5) is 11.4 Å². The first kappa shape index (κ1) is 24.7. The zero-order chi connectivity index (χ0) is 24.3. The molecule has 1 saturated heterocycles. The Hall–Kier alpha value is -2.38. The average Bonchev–Trinajstić information content (AvgIpc) is 2.84. The predicted molar refractivity (Wildman–Crippen MR) is 136 cm³/mol. The second-order valence-electron chi connectivity index (χ2n) is 9.80. The van der Waals surface area contributed by atoms with Crippen LogP contribution in [-0.2, 0) is 21.2 Å². The summed E-state index contributed by atoms with van der Waals surface area (Å²) in [5, 5.41) is 0. The van der Waals surface area contributed by atoms with Crippen molar-refractivity contribution in [2.24, 2.45) is 11.8 Å². The van der Waals surface area contributed by atoms with Gasteiger partial charge in [-0.3, -0.25) is 9.10 Å². The molecule has 2 heterocycles. The number of carbonyl (C=O) groups is 1. The van der Waals surface area contributed by atoms with Crippen molar-refractivity contribution < 1.29 is 17.9 Å². The van der Waals surface area contributed by atoms with Crippen LogP contribution in [0.1, 0.15) is 56.0 Å². The van der Waals surface area contributed by atoms with Gasteiger partial charge in [0, 0.05) is 50.5 Å². The Kier molecular flexibility index (Phi) is 7.63.